The molecular weight excluding hydrogens is 232 g/mol. The summed E-state index contributed by atoms with van der Waals surface area (Å²) in [6.07, 6.45) is 2.11. The smallest absolute Gasteiger partial charge is 0.240 e. The van der Waals surface area contributed by atoms with E-state index in [1.165, 1.54) is 0 Å². The average molecular weight is 252 g/mol. The van der Waals surface area contributed by atoms with Gasteiger partial charge in [0.05, 0.1) is 18.8 Å². The van der Waals surface area contributed by atoms with Gasteiger partial charge in [-0.15, -0.1) is 0 Å². The topological polar surface area (TPSA) is 56.9 Å². The van der Waals surface area contributed by atoms with Crippen LogP contribution >= 0.6 is 0 Å². The summed E-state index contributed by atoms with van der Waals surface area (Å²) in [4.78, 5) is 16.1. The summed E-state index contributed by atoms with van der Waals surface area (Å²) < 4.78 is 5.33. The van der Waals surface area contributed by atoms with Crippen LogP contribution in [-0.2, 0) is 11.3 Å². The molecule has 0 saturated carbocycles. The molecule has 1 amide bonds. The molecule has 2 unspecified atom stereocenters. The summed E-state index contributed by atoms with van der Waals surface area (Å²) in [7, 11) is 1.82. The molecule has 0 radical (unpaired) electrons. The van der Waals surface area contributed by atoms with E-state index in [1.807, 2.05) is 26.1 Å². The summed E-state index contributed by atoms with van der Waals surface area (Å²) >= 11 is 0. The van der Waals surface area contributed by atoms with E-state index in [1.54, 1.807) is 11.2 Å². The molecule has 0 aromatic carbocycles. The number of carbonyl (C=O) groups excluding carboxylic acids is 1. The van der Waals surface area contributed by atoms with Gasteiger partial charge in [0.25, 0.3) is 0 Å². The molecule has 18 heavy (non-hydrogen) atoms. The molecule has 5 heteroatoms. The molecule has 5 nitrogen and oxygen atoms in total. The second-order valence-electron chi connectivity index (χ2n) is 4.84. The Morgan fingerprint density at radius 2 is 2.33 bits per heavy atom. The Kier molecular flexibility index (Phi) is 4.04. The van der Waals surface area contributed by atoms with Gasteiger partial charge in [0.2, 0.25) is 5.91 Å². The molecule has 1 aliphatic heterocycles. The van der Waals surface area contributed by atoms with E-state index in [2.05, 4.69) is 4.90 Å². The number of hydrogen-bond acceptors (Lipinski definition) is 4. The van der Waals surface area contributed by atoms with E-state index in [9.17, 15) is 4.79 Å². The lowest BCUT2D eigenvalue weighted by Gasteiger charge is -2.42. The molecule has 0 bridgehead atoms. The molecule has 2 heterocycles. The fourth-order valence-electron chi connectivity index (χ4n) is 2.40. The Bertz CT molecular complexity index is 391. The van der Waals surface area contributed by atoms with E-state index in [4.69, 9.17) is 9.52 Å². The second kappa shape index (κ2) is 5.54. The normalized spacial score (nSPS) is 25.7. The maximum Gasteiger partial charge on any atom is 0.240 e. The van der Waals surface area contributed by atoms with Crippen molar-refractivity contribution in [1.82, 2.24) is 9.80 Å². The first-order valence-corrected chi connectivity index (χ1v) is 6.27. The van der Waals surface area contributed by atoms with E-state index < -0.39 is 0 Å². The van der Waals surface area contributed by atoms with Crippen molar-refractivity contribution in [2.45, 2.75) is 32.0 Å². The summed E-state index contributed by atoms with van der Waals surface area (Å²) in [5, 5.41) is 9.11. The zero-order valence-electron chi connectivity index (χ0n) is 10.9. The number of hydrogen-bond donors (Lipinski definition) is 1. The highest BCUT2D eigenvalue weighted by atomic mass is 16.3. The minimum Gasteiger partial charge on any atom is -0.468 e. The highest BCUT2D eigenvalue weighted by molar-refractivity contribution is 5.82. The van der Waals surface area contributed by atoms with Crippen LogP contribution in [0.25, 0.3) is 0 Å². The van der Waals surface area contributed by atoms with Crippen molar-refractivity contribution in [3.05, 3.63) is 24.2 Å². The fraction of sp³-hybridized carbons (Fsp3) is 0.615. The Morgan fingerprint density at radius 1 is 1.56 bits per heavy atom. The van der Waals surface area contributed by atoms with Gasteiger partial charge in [-0.05, 0) is 25.5 Å². The number of nitrogens with zero attached hydrogens (tertiary/aromatic N) is 2. The molecule has 2 atom stereocenters. The Hall–Kier alpha value is -1.33. The van der Waals surface area contributed by atoms with Gasteiger partial charge in [0, 0.05) is 26.2 Å². The molecule has 0 aliphatic carbocycles. The maximum absolute atomic E-state index is 12.2. The molecule has 1 aromatic rings. The number of piperazine rings is 1. The third kappa shape index (κ3) is 2.57. The third-order valence-electron chi connectivity index (χ3n) is 3.57. The number of likely N-dealkylation sites (N-methyl/N-ethyl adjacent to an activating group) is 1. The van der Waals surface area contributed by atoms with Crippen molar-refractivity contribution in [2.75, 3.05) is 20.2 Å². The van der Waals surface area contributed by atoms with Gasteiger partial charge in [-0.25, -0.2) is 0 Å². The molecule has 0 spiro atoms. The van der Waals surface area contributed by atoms with Gasteiger partial charge >= 0.3 is 0 Å². The summed E-state index contributed by atoms with van der Waals surface area (Å²) in [5.41, 5.74) is 0. The lowest BCUT2D eigenvalue weighted by atomic mass is 10.0. The van der Waals surface area contributed by atoms with Crippen molar-refractivity contribution in [3.63, 3.8) is 0 Å². The van der Waals surface area contributed by atoms with Crippen molar-refractivity contribution < 1.29 is 14.3 Å². The number of rotatable bonds is 4. The van der Waals surface area contributed by atoms with Crippen LogP contribution < -0.4 is 0 Å². The number of aliphatic hydroxyl groups excluding tert-OH is 1. The zero-order valence-corrected chi connectivity index (χ0v) is 10.9. The van der Waals surface area contributed by atoms with Crippen LogP contribution in [0.15, 0.2) is 22.8 Å². The Labute approximate surface area is 107 Å². The highest BCUT2D eigenvalue weighted by Crippen LogP contribution is 2.20. The molecule has 100 valence electrons. The van der Waals surface area contributed by atoms with Crippen LogP contribution in [0.2, 0.25) is 0 Å². The molecule has 1 N–H and O–H groups in total. The predicted octanol–water partition coefficient (Wildman–Crippen LogP) is 0.693. The third-order valence-corrected chi connectivity index (χ3v) is 3.57. The first-order chi connectivity index (χ1) is 8.63. The SMILES string of the molecule is CC1CN(Cc2ccco2)C(CCO)C(=O)N1C. The van der Waals surface area contributed by atoms with Crippen LogP contribution in [0, 0.1) is 0 Å². The lowest BCUT2D eigenvalue weighted by Crippen LogP contribution is -2.59. The van der Waals surface area contributed by atoms with Gasteiger partial charge in [0.15, 0.2) is 0 Å². The van der Waals surface area contributed by atoms with Crippen molar-refractivity contribution in [1.29, 1.82) is 0 Å². The number of furan rings is 1. The van der Waals surface area contributed by atoms with Crippen LogP contribution in [0.5, 0.6) is 0 Å². The first kappa shape index (κ1) is 13.1. The van der Waals surface area contributed by atoms with Gasteiger partial charge in [-0.2, -0.15) is 0 Å². The van der Waals surface area contributed by atoms with Gasteiger partial charge in [-0.1, -0.05) is 0 Å². The number of carbonyl (C=O) groups is 1. The van der Waals surface area contributed by atoms with E-state index in [-0.39, 0.29) is 24.6 Å². The monoisotopic (exact) mass is 252 g/mol. The maximum atomic E-state index is 12.2. The molecule has 1 fully saturated rings. The van der Waals surface area contributed by atoms with Crippen molar-refractivity contribution >= 4 is 5.91 Å². The Balaban J connectivity index is 2.12. The van der Waals surface area contributed by atoms with E-state index in [0.29, 0.717) is 13.0 Å². The molecule has 2 rings (SSSR count). The van der Waals surface area contributed by atoms with Crippen LogP contribution in [-0.4, -0.2) is 53.1 Å². The standard InChI is InChI=1S/C13H20N2O3/c1-10-8-15(9-11-4-3-7-18-11)12(5-6-16)13(17)14(10)2/h3-4,7,10,12,16H,5-6,8-9H2,1-2H3. The summed E-state index contributed by atoms with van der Waals surface area (Å²) in [5.74, 6) is 0.928. The number of amides is 1. The molecule has 1 aromatic heterocycles. The summed E-state index contributed by atoms with van der Waals surface area (Å²) in [6.45, 7) is 3.46. The Morgan fingerprint density at radius 3 is 2.94 bits per heavy atom. The second-order valence-corrected chi connectivity index (χ2v) is 4.84. The average Bonchev–Trinajstić information content (AvgIpc) is 2.84. The molecular formula is C13H20N2O3. The minimum absolute atomic E-state index is 0.0211. The van der Waals surface area contributed by atoms with Crippen LogP contribution in [0.4, 0.5) is 0 Å². The van der Waals surface area contributed by atoms with E-state index in [0.717, 1.165) is 12.3 Å². The van der Waals surface area contributed by atoms with Crippen molar-refractivity contribution in [2.24, 2.45) is 0 Å². The van der Waals surface area contributed by atoms with Gasteiger partial charge in [-0.3, -0.25) is 9.69 Å². The lowest BCUT2D eigenvalue weighted by molar-refractivity contribution is -0.144. The van der Waals surface area contributed by atoms with E-state index >= 15 is 0 Å². The largest absolute Gasteiger partial charge is 0.468 e. The molecule has 1 saturated heterocycles. The highest BCUT2D eigenvalue weighted by Gasteiger charge is 2.36. The quantitative estimate of drug-likeness (QED) is 0.856. The van der Waals surface area contributed by atoms with Crippen molar-refractivity contribution in [3.8, 4) is 0 Å². The first-order valence-electron chi connectivity index (χ1n) is 6.27. The van der Waals surface area contributed by atoms with Gasteiger partial charge < -0.3 is 14.4 Å². The fourth-order valence-corrected chi connectivity index (χ4v) is 2.40. The van der Waals surface area contributed by atoms with Crippen LogP contribution in [0.1, 0.15) is 19.1 Å². The van der Waals surface area contributed by atoms with Gasteiger partial charge in [0.1, 0.15) is 5.76 Å². The predicted molar refractivity (Wildman–Crippen MR) is 66.8 cm³/mol. The zero-order chi connectivity index (χ0) is 13.1. The minimum atomic E-state index is -0.249. The molecule has 1 aliphatic rings. The van der Waals surface area contributed by atoms with Crippen LogP contribution in [0.3, 0.4) is 0 Å². The number of aliphatic hydroxyl groups is 1. The summed E-state index contributed by atoms with van der Waals surface area (Å²) in [6, 6.07) is 3.69.